The topological polar surface area (TPSA) is 96.3 Å². The van der Waals surface area contributed by atoms with Gasteiger partial charge >= 0.3 is 0 Å². The smallest absolute Gasteiger partial charge is 0.255 e. The normalized spacial score (nSPS) is 10.7. The van der Waals surface area contributed by atoms with Crippen LogP contribution in [0.2, 0.25) is 0 Å². The molecule has 1 amide bonds. The van der Waals surface area contributed by atoms with Crippen LogP contribution >= 0.6 is 0 Å². The van der Waals surface area contributed by atoms with E-state index >= 15 is 0 Å². The van der Waals surface area contributed by atoms with Gasteiger partial charge in [0.05, 0.1) is 18.1 Å². The average molecular weight is 344 g/mol. The molecule has 0 saturated carbocycles. The van der Waals surface area contributed by atoms with Gasteiger partial charge < -0.3 is 10.1 Å². The minimum absolute atomic E-state index is 0.0273. The van der Waals surface area contributed by atoms with E-state index in [0.29, 0.717) is 22.6 Å². The lowest BCUT2D eigenvalue weighted by atomic mass is 10.1. The lowest BCUT2D eigenvalue weighted by molar-refractivity contribution is 0.102. The van der Waals surface area contributed by atoms with Gasteiger partial charge in [-0.3, -0.25) is 4.79 Å². The second-order valence-corrected chi connectivity index (χ2v) is 7.07. The molecule has 124 valence electrons. The Morgan fingerprint density at radius 1 is 1.25 bits per heavy atom. The second-order valence-electron chi connectivity index (χ2n) is 5.08. The molecule has 0 fully saturated rings. The van der Waals surface area contributed by atoms with Crippen LogP contribution in [-0.4, -0.2) is 27.2 Å². The van der Waals surface area contributed by atoms with Crippen LogP contribution in [0.3, 0.4) is 0 Å². The summed E-state index contributed by atoms with van der Waals surface area (Å²) < 4.78 is 28.9. The fourth-order valence-electron chi connectivity index (χ4n) is 2.15. The monoisotopic (exact) mass is 344 g/mol. The van der Waals surface area contributed by atoms with Gasteiger partial charge in [-0.2, -0.15) is 5.26 Å². The van der Waals surface area contributed by atoms with Gasteiger partial charge in [-0.05, 0) is 42.8 Å². The highest BCUT2D eigenvalue weighted by molar-refractivity contribution is 7.91. The van der Waals surface area contributed by atoms with Gasteiger partial charge in [0.1, 0.15) is 11.5 Å². The molecule has 2 rings (SSSR count). The van der Waals surface area contributed by atoms with Crippen molar-refractivity contribution in [2.45, 2.75) is 11.8 Å². The minimum Gasteiger partial charge on any atom is -0.497 e. The first kappa shape index (κ1) is 17.5. The van der Waals surface area contributed by atoms with Crippen LogP contribution < -0.4 is 10.1 Å². The van der Waals surface area contributed by atoms with Crippen molar-refractivity contribution >= 4 is 21.4 Å². The minimum atomic E-state index is -3.65. The van der Waals surface area contributed by atoms with Gasteiger partial charge in [-0.1, -0.05) is 6.07 Å². The number of hydrogen-bond donors (Lipinski definition) is 1. The third-order valence-corrected chi connectivity index (χ3v) is 4.87. The molecular formula is C17H16N2O4S. The van der Waals surface area contributed by atoms with E-state index < -0.39 is 15.6 Å². The van der Waals surface area contributed by atoms with E-state index in [1.165, 1.54) is 25.3 Å². The SMILES string of the molecule is COc1cccc(NC(=O)c2ccc(S(=O)(=O)CC#N)cc2C)c1. The first-order chi connectivity index (χ1) is 11.4. The molecule has 0 aromatic heterocycles. The van der Waals surface area contributed by atoms with Crippen LogP contribution in [0.5, 0.6) is 5.75 Å². The Morgan fingerprint density at radius 3 is 2.62 bits per heavy atom. The number of nitrogens with zero attached hydrogens (tertiary/aromatic N) is 1. The molecule has 0 aliphatic carbocycles. The van der Waals surface area contributed by atoms with Crippen LogP contribution in [0.15, 0.2) is 47.4 Å². The number of sulfone groups is 1. The Balaban J connectivity index is 2.26. The highest BCUT2D eigenvalue weighted by Gasteiger charge is 2.17. The number of methoxy groups -OCH3 is 1. The standard InChI is InChI=1S/C17H16N2O4S/c1-12-10-15(24(21,22)9-8-18)6-7-16(12)17(20)19-13-4-3-5-14(11-13)23-2/h3-7,10-11H,9H2,1-2H3,(H,19,20). The first-order valence-electron chi connectivity index (χ1n) is 7.03. The second kappa shape index (κ2) is 7.15. The molecule has 0 aliphatic heterocycles. The van der Waals surface area contributed by atoms with E-state index in [9.17, 15) is 13.2 Å². The van der Waals surface area contributed by atoms with Crippen LogP contribution in [0.25, 0.3) is 0 Å². The molecule has 7 heteroatoms. The number of carbonyl (C=O) groups is 1. The van der Waals surface area contributed by atoms with E-state index in [-0.39, 0.29) is 10.8 Å². The molecule has 0 heterocycles. The van der Waals surface area contributed by atoms with Crippen molar-refractivity contribution in [2.75, 3.05) is 18.2 Å². The van der Waals surface area contributed by atoms with E-state index in [4.69, 9.17) is 10.00 Å². The number of ether oxygens (including phenoxy) is 1. The Kier molecular flexibility index (Phi) is 5.21. The number of carbonyl (C=O) groups excluding carboxylic acids is 1. The molecular weight excluding hydrogens is 328 g/mol. The van der Waals surface area contributed by atoms with Crippen LogP contribution in [0, 0.1) is 18.3 Å². The largest absolute Gasteiger partial charge is 0.497 e. The summed E-state index contributed by atoms with van der Waals surface area (Å²) in [4.78, 5) is 12.4. The number of hydrogen-bond acceptors (Lipinski definition) is 5. The van der Waals surface area contributed by atoms with E-state index in [2.05, 4.69) is 5.32 Å². The summed E-state index contributed by atoms with van der Waals surface area (Å²) in [7, 11) is -2.12. The predicted molar refractivity (Wildman–Crippen MR) is 89.8 cm³/mol. The summed E-state index contributed by atoms with van der Waals surface area (Å²) in [5.74, 6) is -0.339. The quantitative estimate of drug-likeness (QED) is 0.899. The molecule has 0 aliphatic rings. The predicted octanol–water partition coefficient (Wildman–Crippen LogP) is 2.55. The molecule has 24 heavy (non-hydrogen) atoms. The number of anilines is 1. The lowest BCUT2D eigenvalue weighted by Gasteiger charge is -2.10. The van der Waals surface area contributed by atoms with Crippen LogP contribution in [0.1, 0.15) is 15.9 Å². The molecule has 0 atom stereocenters. The molecule has 1 N–H and O–H groups in total. The van der Waals surface area contributed by atoms with Crippen molar-refractivity contribution in [3.63, 3.8) is 0 Å². The lowest BCUT2D eigenvalue weighted by Crippen LogP contribution is -2.14. The number of nitriles is 1. The molecule has 2 aromatic rings. The van der Waals surface area contributed by atoms with Gasteiger partial charge in [-0.15, -0.1) is 0 Å². The Bertz CT molecular complexity index is 914. The summed E-state index contributed by atoms with van der Waals surface area (Å²) in [5, 5.41) is 11.3. The Morgan fingerprint density at radius 2 is 2.00 bits per heavy atom. The van der Waals surface area contributed by atoms with E-state index in [1.54, 1.807) is 37.3 Å². The Labute approximate surface area is 140 Å². The van der Waals surface area contributed by atoms with Crippen molar-refractivity contribution in [1.29, 1.82) is 5.26 Å². The molecule has 0 unspecified atom stereocenters. The molecule has 0 spiro atoms. The molecule has 0 saturated heterocycles. The van der Waals surface area contributed by atoms with Gasteiger partial charge in [0.25, 0.3) is 5.91 Å². The molecule has 6 nitrogen and oxygen atoms in total. The van der Waals surface area contributed by atoms with Crippen molar-refractivity contribution in [3.8, 4) is 11.8 Å². The van der Waals surface area contributed by atoms with Crippen LogP contribution in [0.4, 0.5) is 5.69 Å². The number of rotatable bonds is 5. The fourth-order valence-corrected chi connectivity index (χ4v) is 3.12. The molecule has 0 radical (unpaired) electrons. The number of amides is 1. The molecule has 0 bridgehead atoms. The average Bonchev–Trinajstić information content (AvgIpc) is 2.54. The van der Waals surface area contributed by atoms with Gasteiger partial charge in [-0.25, -0.2) is 8.42 Å². The maximum absolute atomic E-state index is 12.4. The fraction of sp³-hybridized carbons (Fsp3) is 0.176. The summed E-state index contributed by atoms with van der Waals surface area (Å²) in [5.41, 5.74) is 1.43. The third kappa shape index (κ3) is 3.91. The first-order valence-corrected chi connectivity index (χ1v) is 8.68. The number of benzene rings is 2. The van der Waals surface area contributed by atoms with Crippen molar-refractivity contribution < 1.29 is 17.9 Å². The highest BCUT2D eigenvalue weighted by Crippen LogP contribution is 2.20. The van der Waals surface area contributed by atoms with Gasteiger partial charge in [0, 0.05) is 17.3 Å². The summed E-state index contributed by atoms with van der Waals surface area (Å²) >= 11 is 0. The summed E-state index contributed by atoms with van der Waals surface area (Å²) in [6.45, 7) is 1.64. The number of aryl methyl sites for hydroxylation is 1. The summed E-state index contributed by atoms with van der Waals surface area (Å²) in [6.07, 6.45) is 0. The maximum Gasteiger partial charge on any atom is 0.255 e. The zero-order valence-corrected chi connectivity index (χ0v) is 14.1. The Hall–Kier alpha value is -2.85. The van der Waals surface area contributed by atoms with Crippen molar-refractivity contribution in [2.24, 2.45) is 0 Å². The maximum atomic E-state index is 12.4. The van der Waals surface area contributed by atoms with Gasteiger partial charge in [0.2, 0.25) is 0 Å². The van der Waals surface area contributed by atoms with E-state index in [1.807, 2.05) is 0 Å². The highest BCUT2D eigenvalue weighted by atomic mass is 32.2. The number of nitrogens with one attached hydrogen (secondary N) is 1. The van der Waals surface area contributed by atoms with Crippen molar-refractivity contribution in [1.82, 2.24) is 0 Å². The zero-order chi connectivity index (χ0) is 17.7. The van der Waals surface area contributed by atoms with Gasteiger partial charge in [0.15, 0.2) is 9.84 Å². The van der Waals surface area contributed by atoms with Crippen molar-refractivity contribution in [3.05, 3.63) is 53.6 Å². The zero-order valence-electron chi connectivity index (χ0n) is 13.2. The van der Waals surface area contributed by atoms with Crippen LogP contribution in [-0.2, 0) is 9.84 Å². The summed E-state index contributed by atoms with van der Waals surface area (Å²) in [6, 6.07) is 12.7. The molecule has 2 aromatic carbocycles. The third-order valence-electron chi connectivity index (χ3n) is 3.38. The van der Waals surface area contributed by atoms with E-state index in [0.717, 1.165) is 0 Å².